The van der Waals surface area contributed by atoms with Crippen molar-refractivity contribution in [3.05, 3.63) is 70.7 Å². The minimum atomic E-state index is 0.906. The van der Waals surface area contributed by atoms with Crippen LogP contribution in [-0.2, 0) is 0 Å². The molecule has 3 aromatic rings. The molecule has 0 spiro atoms. The highest BCUT2D eigenvalue weighted by Crippen LogP contribution is 2.32. The number of hydrogen-bond acceptors (Lipinski definition) is 1. The molecule has 19 heavy (non-hydrogen) atoms. The Bertz CT molecular complexity index is 681. The second-order valence-electron chi connectivity index (χ2n) is 4.50. The molecule has 0 saturated carbocycles. The lowest BCUT2D eigenvalue weighted by molar-refractivity contribution is 0.595. The van der Waals surface area contributed by atoms with E-state index in [-0.39, 0.29) is 0 Å². The molecule has 2 aromatic carbocycles. The number of benzene rings is 2. The van der Waals surface area contributed by atoms with E-state index in [1.54, 1.807) is 0 Å². The largest absolute Gasteiger partial charge is 0.456 e. The maximum Gasteiger partial charge on any atom is 0.137 e. The average Bonchev–Trinajstić information content (AvgIpc) is 2.83. The summed E-state index contributed by atoms with van der Waals surface area (Å²) in [5.74, 6) is 1.85. The van der Waals surface area contributed by atoms with Gasteiger partial charge in [-0.05, 0) is 30.7 Å². The summed E-state index contributed by atoms with van der Waals surface area (Å²) >= 11 is 3.44. The van der Waals surface area contributed by atoms with E-state index in [0.717, 1.165) is 32.7 Å². The van der Waals surface area contributed by atoms with Crippen molar-refractivity contribution in [2.75, 3.05) is 0 Å². The first kappa shape index (κ1) is 12.2. The first-order valence-electron chi connectivity index (χ1n) is 6.16. The van der Waals surface area contributed by atoms with Gasteiger partial charge in [0, 0.05) is 15.6 Å². The molecule has 1 heterocycles. The van der Waals surface area contributed by atoms with Gasteiger partial charge in [-0.1, -0.05) is 58.4 Å². The SMILES string of the molecule is Cc1cc(-c2ccc(Br)cc2)oc1-c1ccccc1. The van der Waals surface area contributed by atoms with Gasteiger partial charge in [-0.25, -0.2) is 0 Å². The zero-order valence-electron chi connectivity index (χ0n) is 10.6. The molecule has 0 unspecified atom stereocenters. The van der Waals surface area contributed by atoms with E-state index in [1.165, 1.54) is 0 Å². The molecule has 0 amide bonds. The molecule has 0 aliphatic carbocycles. The summed E-state index contributed by atoms with van der Waals surface area (Å²) in [5.41, 5.74) is 3.36. The highest BCUT2D eigenvalue weighted by molar-refractivity contribution is 9.10. The minimum Gasteiger partial charge on any atom is -0.456 e. The third-order valence-corrected chi connectivity index (χ3v) is 3.61. The smallest absolute Gasteiger partial charge is 0.137 e. The van der Waals surface area contributed by atoms with Crippen LogP contribution >= 0.6 is 15.9 Å². The zero-order chi connectivity index (χ0) is 13.2. The van der Waals surface area contributed by atoms with Gasteiger partial charge in [-0.15, -0.1) is 0 Å². The lowest BCUT2D eigenvalue weighted by Gasteiger charge is -1.99. The first-order chi connectivity index (χ1) is 9.24. The van der Waals surface area contributed by atoms with Crippen LogP contribution in [0.15, 0.2) is 69.6 Å². The van der Waals surface area contributed by atoms with E-state index in [4.69, 9.17) is 4.42 Å². The molecular formula is C17H13BrO. The zero-order valence-corrected chi connectivity index (χ0v) is 12.1. The van der Waals surface area contributed by atoms with Crippen LogP contribution in [0.5, 0.6) is 0 Å². The summed E-state index contributed by atoms with van der Waals surface area (Å²) < 4.78 is 7.08. The van der Waals surface area contributed by atoms with Gasteiger partial charge < -0.3 is 4.42 Å². The molecule has 94 valence electrons. The van der Waals surface area contributed by atoms with Crippen molar-refractivity contribution >= 4 is 15.9 Å². The van der Waals surface area contributed by atoms with E-state index < -0.39 is 0 Å². The topological polar surface area (TPSA) is 13.1 Å². The van der Waals surface area contributed by atoms with E-state index in [0.29, 0.717) is 0 Å². The van der Waals surface area contributed by atoms with Crippen molar-refractivity contribution < 1.29 is 4.42 Å². The van der Waals surface area contributed by atoms with Gasteiger partial charge in [-0.2, -0.15) is 0 Å². The molecule has 1 aromatic heterocycles. The molecule has 0 radical (unpaired) electrons. The van der Waals surface area contributed by atoms with Crippen molar-refractivity contribution in [3.8, 4) is 22.6 Å². The van der Waals surface area contributed by atoms with Gasteiger partial charge >= 0.3 is 0 Å². The van der Waals surface area contributed by atoms with Crippen LogP contribution in [0, 0.1) is 6.92 Å². The molecule has 0 atom stereocenters. The summed E-state index contributed by atoms with van der Waals surface area (Å²) in [7, 11) is 0. The maximum atomic E-state index is 6.01. The van der Waals surface area contributed by atoms with Gasteiger partial charge in [-0.3, -0.25) is 0 Å². The highest BCUT2D eigenvalue weighted by atomic mass is 79.9. The molecule has 0 aliphatic rings. The normalized spacial score (nSPS) is 10.6. The molecule has 0 saturated heterocycles. The Morgan fingerprint density at radius 2 is 1.53 bits per heavy atom. The van der Waals surface area contributed by atoms with E-state index in [1.807, 2.05) is 30.3 Å². The lowest BCUT2D eigenvalue weighted by atomic mass is 10.1. The van der Waals surface area contributed by atoms with Crippen LogP contribution in [-0.4, -0.2) is 0 Å². The second-order valence-corrected chi connectivity index (χ2v) is 5.41. The van der Waals surface area contributed by atoms with Crippen molar-refractivity contribution in [1.82, 2.24) is 0 Å². The van der Waals surface area contributed by atoms with Gasteiger partial charge in [0.15, 0.2) is 0 Å². The molecule has 0 aliphatic heterocycles. The van der Waals surface area contributed by atoms with Crippen LogP contribution in [0.4, 0.5) is 0 Å². The fourth-order valence-corrected chi connectivity index (χ4v) is 2.38. The maximum absolute atomic E-state index is 6.01. The summed E-state index contributed by atoms with van der Waals surface area (Å²) in [4.78, 5) is 0. The Balaban J connectivity index is 2.04. The summed E-state index contributed by atoms with van der Waals surface area (Å²) in [6.07, 6.45) is 0. The third-order valence-electron chi connectivity index (χ3n) is 3.08. The predicted octanol–water partition coefficient (Wildman–Crippen LogP) is 5.68. The Morgan fingerprint density at radius 3 is 2.21 bits per heavy atom. The van der Waals surface area contributed by atoms with E-state index in [2.05, 4.69) is 53.2 Å². The number of aryl methyl sites for hydroxylation is 1. The van der Waals surface area contributed by atoms with Crippen LogP contribution in [0.1, 0.15) is 5.56 Å². The summed E-state index contributed by atoms with van der Waals surface area (Å²) in [6.45, 7) is 2.08. The molecule has 0 bridgehead atoms. The van der Waals surface area contributed by atoms with E-state index in [9.17, 15) is 0 Å². The van der Waals surface area contributed by atoms with Gasteiger partial charge in [0.05, 0.1) is 0 Å². The average molecular weight is 313 g/mol. The van der Waals surface area contributed by atoms with Crippen LogP contribution in [0.25, 0.3) is 22.6 Å². The summed E-state index contributed by atoms with van der Waals surface area (Å²) in [5, 5.41) is 0. The fraction of sp³-hybridized carbons (Fsp3) is 0.0588. The van der Waals surface area contributed by atoms with Crippen molar-refractivity contribution in [2.24, 2.45) is 0 Å². The van der Waals surface area contributed by atoms with Gasteiger partial charge in [0.25, 0.3) is 0 Å². The Hall–Kier alpha value is -1.80. The Labute approximate surface area is 121 Å². The Kier molecular flexibility index (Phi) is 3.26. The molecule has 0 N–H and O–H groups in total. The summed E-state index contributed by atoms with van der Waals surface area (Å²) in [6, 6.07) is 20.4. The van der Waals surface area contributed by atoms with Crippen LogP contribution in [0.3, 0.4) is 0 Å². The highest BCUT2D eigenvalue weighted by Gasteiger charge is 2.10. The number of halogens is 1. The molecule has 1 nitrogen and oxygen atoms in total. The molecular weight excluding hydrogens is 300 g/mol. The van der Waals surface area contributed by atoms with Crippen LogP contribution in [0.2, 0.25) is 0 Å². The van der Waals surface area contributed by atoms with Crippen molar-refractivity contribution in [1.29, 1.82) is 0 Å². The lowest BCUT2D eigenvalue weighted by Crippen LogP contribution is -1.75. The number of rotatable bonds is 2. The fourth-order valence-electron chi connectivity index (χ4n) is 2.11. The minimum absolute atomic E-state index is 0.906. The second kappa shape index (κ2) is 5.06. The number of hydrogen-bond donors (Lipinski definition) is 0. The van der Waals surface area contributed by atoms with Crippen LogP contribution < -0.4 is 0 Å². The van der Waals surface area contributed by atoms with Gasteiger partial charge in [0.2, 0.25) is 0 Å². The third kappa shape index (κ3) is 2.49. The standard InChI is InChI=1S/C17H13BrO/c1-12-11-16(13-7-9-15(18)10-8-13)19-17(12)14-5-3-2-4-6-14/h2-11H,1H3. The number of furan rings is 1. The van der Waals surface area contributed by atoms with Crippen molar-refractivity contribution in [3.63, 3.8) is 0 Å². The monoisotopic (exact) mass is 312 g/mol. The molecule has 0 fully saturated rings. The molecule has 2 heteroatoms. The Morgan fingerprint density at radius 1 is 0.842 bits per heavy atom. The van der Waals surface area contributed by atoms with E-state index >= 15 is 0 Å². The van der Waals surface area contributed by atoms with Gasteiger partial charge in [0.1, 0.15) is 11.5 Å². The predicted molar refractivity (Wildman–Crippen MR) is 82.0 cm³/mol. The molecule has 3 rings (SSSR count). The first-order valence-corrected chi connectivity index (χ1v) is 6.95. The van der Waals surface area contributed by atoms with Crippen molar-refractivity contribution in [2.45, 2.75) is 6.92 Å². The quantitative estimate of drug-likeness (QED) is 0.593.